The van der Waals surface area contributed by atoms with E-state index in [0.29, 0.717) is 12.5 Å². The van der Waals surface area contributed by atoms with Gasteiger partial charge >= 0.3 is 0 Å². The highest BCUT2D eigenvalue weighted by molar-refractivity contribution is 5.78. The number of amides is 1. The second-order valence-electron chi connectivity index (χ2n) is 7.00. The standard InChI is InChI=1S/C16H31N3O/c1-12(2)13(3)18-16(20)11-19-8-6-14(7-9-19)10-17-15-4-5-15/h12-15,17H,4-11H2,1-3H3,(H,18,20). The Hall–Kier alpha value is -0.610. The normalized spacial score (nSPS) is 23.0. The zero-order chi connectivity index (χ0) is 14.5. The van der Waals surface area contributed by atoms with Crippen molar-refractivity contribution in [2.75, 3.05) is 26.2 Å². The fourth-order valence-corrected chi connectivity index (χ4v) is 2.64. The van der Waals surface area contributed by atoms with Crippen molar-refractivity contribution in [3.8, 4) is 0 Å². The number of carbonyl (C=O) groups excluding carboxylic acids is 1. The minimum atomic E-state index is 0.181. The van der Waals surface area contributed by atoms with Gasteiger partial charge in [0, 0.05) is 12.1 Å². The van der Waals surface area contributed by atoms with Crippen LogP contribution in [0.3, 0.4) is 0 Å². The van der Waals surface area contributed by atoms with Crippen LogP contribution in [0.5, 0.6) is 0 Å². The van der Waals surface area contributed by atoms with E-state index in [9.17, 15) is 4.79 Å². The summed E-state index contributed by atoms with van der Waals surface area (Å²) in [6, 6.07) is 1.08. The maximum absolute atomic E-state index is 12.0. The van der Waals surface area contributed by atoms with Gasteiger partial charge in [-0.15, -0.1) is 0 Å². The molecular weight excluding hydrogens is 250 g/mol. The summed E-state index contributed by atoms with van der Waals surface area (Å²) in [4.78, 5) is 14.3. The number of nitrogens with zero attached hydrogens (tertiary/aromatic N) is 1. The zero-order valence-corrected chi connectivity index (χ0v) is 13.3. The second kappa shape index (κ2) is 7.41. The highest BCUT2D eigenvalue weighted by Gasteiger charge is 2.25. The predicted molar refractivity (Wildman–Crippen MR) is 82.6 cm³/mol. The minimum absolute atomic E-state index is 0.181. The molecule has 2 fully saturated rings. The average molecular weight is 281 g/mol. The van der Waals surface area contributed by atoms with E-state index in [4.69, 9.17) is 0 Å². The van der Waals surface area contributed by atoms with E-state index >= 15 is 0 Å². The maximum Gasteiger partial charge on any atom is 0.234 e. The molecule has 1 amide bonds. The molecule has 0 radical (unpaired) electrons. The van der Waals surface area contributed by atoms with Gasteiger partial charge in [-0.2, -0.15) is 0 Å². The van der Waals surface area contributed by atoms with E-state index in [1.807, 2.05) is 0 Å². The van der Waals surface area contributed by atoms with E-state index in [1.54, 1.807) is 0 Å². The first-order valence-electron chi connectivity index (χ1n) is 8.29. The third-order valence-corrected chi connectivity index (χ3v) is 4.74. The van der Waals surface area contributed by atoms with Crippen molar-refractivity contribution in [1.82, 2.24) is 15.5 Å². The van der Waals surface area contributed by atoms with Crippen molar-refractivity contribution in [3.05, 3.63) is 0 Å². The van der Waals surface area contributed by atoms with Gasteiger partial charge in [0.2, 0.25) is 5.91 Å². The van der Waals surface area contributed by atoms with Crippen LogP contribution in [0, 0.1) is 11.8 Å². The molecule has 4 heteroatoms. The van der Waals surface area contributed by atoms with Crippen molar-refractivity contribution in [2.45, 2.75) is 58.5 Å². The molecule has 2 N–H and O–H groups in total. The first-order chi connectivity index (χ1) is 9.54. The molecule has 0 aromatic rings. The fraction of sp³-hybridized carbons (Fsp3) is 0.938. The van der Waals surface area contributed by atoms with Crippen molar-refractivity contribution < 1.29 is 4.79 Å². The molecule has 2 aliphatic rings. The Labute approximate surface area is 123 Å². The number of piperidine rings is 1. The SMILES string of the molecule is CC(C)C(C)NC(=O)CN1CCC(CNC2CC2)CC1. The maximum atomic E-state index is 12.0. The Balaban J connectivity index is 1.59. The summed E-state index contributed by atoms with van der Waals surface area (Å²) in [5.74, 6) is 1.49. The first kappa shape index (κ1) is 15.8. The van der Waals surface area contributed by atoms with E-state index < -0.39 is 0 Å². The molecular formula is C16H31N3O. The molecule has 0 spiro atoms. The molecule has 1 atom stereocenters. The molecule has 116 valence electrons. The van der Waals surface area contributed by atoms with Gasteiger partial charge in [-0.1, -0.05) is 13.8 Å². The molecule has 1 aliphatic heterocycles. The molecule has 1 unspecified atom stereocenters. The summed E-state index contributed by atoms with van der Waals surface area (Å²) in [7, 11) is 0. The Morgan fingerprint density at radius 3 is 2.35 bits per heavy atom. The quantitative estimate of drug-likeness (QED) is 0.745. The van der Waals surface area contributed by atoms with E-state index in [2.05, 4.69) is 36.3 Å². The van der Waals surface area contributed by atoms with Crippen molar-refractivity contribution in [1.29, 1.82) is 0 Å². The summed E-state index contributed by atoms with van der Waals surface area (Å²) in [5.41, 5.74) is 0. The summed E-state index contributed by atoms with van der Waals surface area (Å²) in [5, 5.41) is 6.72. The molecule has 1 saturated heterocycles. The van der Waals surface area contributed by atoms with Crippen molar-refractivity contribution in [2.24, 2.45) is 11.8 Å². The Kier molecular flexibility index (Phi) is 5.85. The summed E-state index contributed by atoms with van der Waals surface area (Å²) < 4.78 is 0. The van der Waals surface area contributed by atoms with Gasteiger partial charge in [0.1, 0.15) is 0 Å². The lowest BCUT2D eigenvalue weighted by molar-refractivity contribution is -0.123. The fourth-order valence-electron chi connectivity index (χ4n) is 2.64. The van der Waals surface area contributed by atoms with Crippen LogP contribution in [0.2, 0.25) is 0 Å². The van der Waals surface area contributed by atoms with Crippen LogP contribution < -0.4 is 10.6 Å². The summed E-state index contributed by atoms with van der Waals surface area (Å²) in [6.07, 6.45) is 5.19. The molecule has 1 aliphatic carbocycles. The van der Waals surface area contributed by atoms with E-state index in [0.717, 1.165) is 25.0 Å². The molecule has 20 heavy (non-hydrogen) atoms. The highest BCUT2D eigenvalue weighted by atomic mass is 16.2. The average Bonchev–Trinajstić information content (AvgIpc) is 3.21. The number of likely N-dealkylation sites (tertiary alicyclic amines) is 1. The molecule has 0 bridgehead atoms. The van der Waals surface area contributed by atoms with Crippen LogP contribution in [-0.4, -0.2) is 49.1 Å². The van der Waals surface area contributed by atoms with Crippen LogP contribution in [0.25, 0.3) is 0 Å². The monoisotopic (exact) mass is 281 g/mol. The lowest BCUT2D eigenvalue weighted by Crippen LogP contribution is -2.45. The third kappa shape index (κ3) is 5.41. The van der Waals surface area contributed by atoms with Crippen LogP contribution in [-0.2, 0) is 4.79 Å². The Morgan fingerprint density at radius 1 is 1.15 bits per heavy atom. The number of rotatable bonds is 7. The number of nitrogens with one attached hydrogen (secondary N) is 2. The molecule has 4 nitrogen and oxygen atoms in total. The van der Waals surface area contributed by atoms with E-state index in [1.165, 1.54) is 32.2 Å². The van der Waals surface area contributed by atoms with Gasteiger partial charge in [-0.3, -0.25) is 9.69 Å². The Morgan fingerprint density at radius 2 is 1.80 bits per heavy atom. The second-order valence-corrected chi connectivity index (χ2v) is 7.00. The highest BCUT2D eigenvalue weighted by Crippen LogP contribution is 2.21. The predicted octanol–water partition coefficient (Wildman–Crippen LogP) is 1.61. The molecule has 0 aromatic heterocycles. The van der Waals surface area contributed by atoms with Gasteiger partial charge in [0.15, 0.2) is 0 Å². The third-order valence-electron chi connectivity index (χ3n) is 4.74. The largest absolute Gasteiger partial charge is 0.352 e. The zero-order valence-electron chi connectivity index (χ0n) is 13.3. The molecule has 2 rings (SSSR count). The molecule has 1 heterocycles. The van der Waals surface area contributed by atoms with Crippen LogP contribution in [0.4, 0.5) is 0 Å². The lowest BCUT2D eigenvalue weighted by atomic mass is 9.96. The first-order valence-corrected chi connectivity index (χ1v) is 8.29. The lowest BCUT2D eigenvalue weighted by Gasteiger charge is -2.32. The van der Waals surface area contributed by atoms with E-state index in [-0.39, 0.29) is 11.9 Å². The minimum Gasteiger partial charge on any atom is -0.352 e. The number of carbonyl (C=O) groups is 1. The Bertz CT molecular complexity index is 307. The van der Waals surface area contributed by atoms with Crippen molar-refractivity contribution >= 4 is 5.91 Å². The van der Waals surface area contributed by atoms with Gasteiger partial charge in [-0.25, -0.2) is 0 Å². The van der Waals surface area contributed by atoms with Gasteiger partial charge in [0.05, 0.1) is 6.54 Å². The molecule has 0 aromatic carbocycles. The summed E-state index contributed by atoms with van der Waals surface area (Å²) >= 11 is 0. The van der Waals surface area contributed by atoms with Gasteiger partial charge < -0.3 is 10.6 Å². The van der Waals surface area contributed by atoms with Crippen LogP contribution in [0.1, 0.15) is 46.5 Å². The smallest absolute Gasteiger partial charge is 0.234 e. The summed E-state index contributed by atoms with van der Waals surface area (Å²) in [6.45, 7) is 10.3. The van der Waals surface area contributed by atoms with Crippen molar-refractivity contribution in [3.63, 3.8) is 0 Å². The number of hydrogen-bond acceptors (Lipinski definition) is 3. The van der Waals surface area contributed by atoms with Crippen LogP contribution >= 0.6 is 0 Å². The van der Waals surface area contributed by atoms with Gasteiger partial charge in [-0.05, 0) is 64.1 Å². The molecule has 1 saturated carbocycles. The van der Waals surface area contributed by atoms with Gasteiger partial charge in [0.25, 0.3) is 0 Å². The van der Waals surface area contributed by atoms with Crippen LogP contribution in [0.15, 0.2) is 0 Å². The number of hydrogen-bond donors (Lipinski definition) is 2. The topological polar surface area (TPSA) is 44.4 Å².